The number of aryl methyl sites for hydroxylation is 2. The molecule has 0 unspecified atom stereocenters. The first-order valence-corrected chi connectivity index (χ1v) is 7.56. The molecule has 118 valence electrons. The van der Waals surface area contributed by atoms with Crippen LogP contribution in [0.5, 0.6) is 0 Å². The summed E-state index contributed by atoms with van der Waals surface area (Å²) in [5.74, 6) is 1.86. The van der Waals surface area contributed by atoms with Crippen LogP contribution < -0.4 is 4.90 Å². The second kappa shape index (κ2) is 5.64. The average molecular weight is 301 g/mol. The highest BCUT2D eigenvalue weighted by atomic mass is 15.5. The van der Waals surface area contributed by atoms with Gasteiger partial charge in [0.25, 0.3) is 0 Å². The summed E-state index contributed by atoms with van der Waals surface area (Å²) in [6.07, 6.45) is 3.67. The minimum Gasteiger partial charge on any atom is -0.352 e. The van der Waals surface area contributed by atoms with Gasteiger partial charge in [-0.15, -0.1) is 5.10 Å². The molecule has 3 rings (SSSR count). The third-order valence-corrected chi connectivity index (χ3v) is 4.48. The van der Waals surface area contributed by atoms with Crippen LogP contribution in [-0.2, 0) is 0 Å². The van der Waals surface area contributed by atoms with E-state index >= 15 is 0 Å². The van der Waals surface area contributed by atoms with Crippen molar-refractivity contribution in [3.8, 4) is 0 Å². The molecular weight excluding hydrogens is 278 g/mol. The van der Waals surface area contributed by atoms with E-state index in [4.69, 9.17) is 0 Å². The van der Waals surface area contributed by atoms with E-state index < -0.39 is 0 Å². The quantitative estimate of drug-likeness (QED) is 0.842. The summed E-state index contributed by atoms with van der Waals surface area (Å²) < 4.78 is 1.96. The van der Waals surface area contributed by atoms with Crippen molar-refractivity contribution in [2.24, 2.45) is 0 Å². The van der Waals surface area contributed by atoms with Crippen LogP contribution in [0, 0.1) is 20.8 Å². The lowest BCUT2D eigenvalue weighted by Gasteiger charge is -2.24. The van der Waals surface area contributed by atoms with E-state index in [9.17, 15) is 0 Å². The van der Waals surface area contributed by atoms with Crippen LogP contribution in [0.1, 0.15) is 23.1 Å². The first-order chi connectivity index (χ1) is 10.5. The first-order valence-electron chi connectivity index (χ1n) is 7.56. The lowest BCUT2D eigenvalue weighted by atomic mass is 10.1. The number of anilines is 1. The fourth-order valence-corrected chi connectivity index (χ4v) is 3.16. The predicted octanol–water partition coefficient (Wildman–Crippen LogP) is 0.985. The lowest BCUT2D eigenvalue weighted by molar-refractivity contribution is 0.243. The molecule has 2 aromatic heterocycles. The Balaban J connectivity index is 1.94. The maximum absolute atomic E-state index is 4.68. The van der Waals surface area contributed by atoms with Gasteiger partial charge in [-0.1, -0.05) is 5.21 Å². The minimum atomic E-state index is 0.271. The fourth-order valence-electron chi connectivity index (χ4n) is 3.16. The first kappa shape index (κ1) is 14.9. The SMILES string of the molecule is Cc1nc(C)c(C)c(N2C[C@@H](N(C)C)[C@@H](n3ccnn3)C2)n1. The maximum atomic E-state index is 4.68. The van der Waals surface area contributed by atoms with Gasteiger partial charge in [-0.05, 0) is 34.9 Å². The van der Waals surface area contributed by atoms with Crippen molar-refractivity contribution in [1.82, 2.24) is 29.9 Å². The van der Waals surface area contributed by atoms with Crippen molar-refractivity contribution in [2.45, 2.75) is 32.9 Å². The minimum absolute atomic E-state index is 0.271. The molecule has 0 amide bonds. The molecule has 0 N–H and O–H groups in total. The zero-order valence-electron chi connectivity index (χ0n) is 13.9. The van der Waals surface area contributed by atoms with E-state index in [2.05, 4.69) is 51.1 Å². The van der Waals surface area contributed by atoms with Crippen LogP contribution in [0.15, 0.2) is 12.4 Å². The Morgan fingerprint density at radius 2 is 1.91 bits per heavy atom. The number of rotatable bonds is 3. The molecular formula is C15H23N7. The van der Waals surface area contributed by atoms with Crippen LogP contribution >= 0.6 is 0 Å². The van der Waals surface area contributed by atoms with Crippen molar-refractivity contribution in [1.29, 1.82) is 0 Å². The summed E-state index contributed by atoms with van der Waals surface area (Å²) in [6, 6.07) is 0.643. The maximum Gasteiger partial charge on any atom is 0.135 e. The molecule has 0 aromatic carbocycles. The van der Waals surface area contributed by atoms with Gasteiger partial charge < -0.3 is 9.80 Å². The van der Waals surface area contributed by atoms with Crippen molar-refractivity contribution < 1.29 is 0 Å². The highest BCUT2D eigenvalue weighted by Gasteiger charge is 2.37. The van der Waals surface area contributed by atoms with Crippen LogP contribution in [0.25, 0.3) is 0 Å². The van der Waals surface area contributed by atoms with E-state index in [0.29, 0.717) is 6.04 Å². The van der Waals surface area contributed by atoms with Crippen molar-refractivity contribution in [3.63, 3.8) is 0 Å². The standard InChI is InChI=1S/C15H23N7/c1-10-11(2)17-12(3)18-15(10)21-8-13(20(4)5)14(9-21)22-7-6-16-19-22/h6-7,13-14H,8-9H2,1-5H3/t13-,14+/m1/s1. The predicted molar refractivity (Wildman–Crippen MR) is 85.0 cm³/mol. The van der Waals surface area contributed by atoms with Crippen LogP contribution in [0.3, 0.4) is 0 Å². The molecule has 0 bridgehead atoms. The molecule has 1 aliphatic heterocycles. The van der Waals surface area contributed by atoms with E-state index in [1.807, 2.05) is 24.7 Å². The number of nitrogens with zero attached hydrogens (tertiary/aromatic N) is 7. The molecule has 1 fully saturated rings. The highest BCUT2D eigenvalue weighted by molar-refractivity contribution is 5.49. The topological polar surface area (TPSA) is 63.0 Å². The molecule has 1 saturated heterocycles. The lowest BCUT2D eigenvalue weighted by Crippen LogP contribution is -2.36. The zero-order chi connectivity index (χ0) is 15.9. The monoisotopic (exact) mass is 301 g/mol. The summed E-state index contributed by atoms with van der Waals surface area (Å²) in [5, 5.41) is 8.15. The van der Waals surface area contributed by atoms with Gasteiger partial charge in [-0.2, -0.15) is 0 Å². The smallest absolute Gasteiger partial charge is 0.135 e. The van der Waals surface area contributed by atoms with Gasteiger partial charge in [0.15, 0.2) is 0 Å². The van der Waals surface area contributed by atoms with Crippen LogP contribution in [0.2, 0.25) is 0 Å². The molecule has 1 aliphatic rings. The molecule has 7 heteroatoms. The van der Waals surface area contributed by atoms with E-state index in [0.717, 1.165) is 36.0 Å². The van der Waals surface area contributed by atoms with Gasteiger partial charge in [0.2, 0.25) is 0 Å². The Hall–Kier alpha value is -2.02. The summed E-state index contributed by atoms with van der Waals surface area (Å²) >= 11 is 0. The molecule has 22 heavy (non-hydrogen) atoms. The van der Waals surface area contributed by atoms with E-state index in [-0.39, 0.29) is 6.04 Å². The normalized spacial score (nSPS) is 21.8. The molecule has 0 radical (unpaired) electrons. The Kier molecular flexibility index (Phi) is 3.82. The number of hydrogen-bond acceptors (Lipinski definition) is 6. The summed E-state index contributed by atoms with van der Waals surface area (Å²) in [7, 11) is 4.23. The fraction of sp³-hybridized carbons (Fsp3) is 0.600. The second-order valence-corrected chi connectivity index (χ2v) is 6.19. The summed E-state index contributed by atoms with van der Waals surface area (Å²) in [6.45, 7) is 7.89. The van der Waals surface area contributed by atoms with E-state index in [1.165, 1.54) is 0 Å². The van der Waals surface area contributed by atoms with Gasteiger partial charge in [0.05, 0.1) is 18.3 Å². The Morgan fingerprint density at radius 1 is 1.14 bits per heavy atom. The van der Waals surface area contributed by atoms with Gasteiger partial charge in [-0.25, -0.2) is 14.6 Å². The molecule has 3 heterocycles. The van der Waals surface area contributed by atoms with Gasteiger partial charge in [0, 0.05) is 30.5 Å². The van der Waals surface area contributed by atoms with Crippen molar-refractivity contribution >= 4 is 5.82 Å². The van der Waals surface area contributed by atoms with Crippen molar-refractivity contribution in [3.05, 3.63) is 29.5 Å². The van der Waals surface area contributed by atoms with Gasteiger partial charge >= 0.3 is 0 Å². The summed E-state index contributed by atoms with van der Waals surface area (Å²) in [4.78, 5) is 13.7. The van der Waals surface area contributed by atoms with Crippen LogP contribution in [0.4, 0.5) is 5.82 Å². The number of hydrogen-bond donors (Lipinski definition) is 0. The highest BCUT2D eigenvalue weighted by Crippen LogP contribution is 2.30. The van der Waals surface area contributed by atoms with Gasteiger partial charge in [0.1, 0.15) is 11.6 Å². The van der Waals surface area contributed by atoms with Crippen molar-refractivity contribution in [2.75, 3.05) is 32.1 Å². The molecule has 0 spiro atoms. The molecule has 0 aliphatic carbocycles. The van der Waals surface area contributed by atoms with Crippen LogP contribution in [-0.4, -0.2) is 63.1 Å². The van der Waals surface area contributed by atoms with E-state index in [1.54, 1.807) is 6.20 Å². The zero-order valence-corrected chi connectivity index (χ0v) is 13.9. The molecule has 2 aromatic rings. The van der Waals surface area contributed by atoms with Gasteiger partial charge in [-0.3, -0.25) is 0 Å². The Bertz CT molecular complexity index is 650. The Morgan fingerprint density at radius 3 is 2.55 bits per heavy atom. The molecule has 0 saturated carbocycles. The number of aromatic nitrogens is 5. The molecule has 7 nitrogen and oxygen atoms in total. The third kappa shape index (κ3) is 2.56. The molecule has 2 atom stereocenters. The Labute approximate surface area is 131 Å². The third-order valence-electron chi connectivity index (χ3n) is 4.48. The largest absolute Gasteiger partial charge is 0.352 e. The summed E-state index contributed by atoms with van der Waals surface area (Å²) in [5.41, 5.74) is 2.20. The second-order valence-electron chi connectivity index (χ2n) is 6.19. The average Bonchev–Trinajstić information content (AvgIpc) is 3.10. The number of likely N-dealkylation sites (N-methyl/N-ethyl adjacent to an activating group) is 1.